The predicted molar refractivity (Wildman–Crippen MR) is 78.4 cm³/mol. The summed E-state index contributed by atoms with van der Waals surface area (Å²) >= 11 is 5.80. The van der Waals surface area contributed by atoms with E-state index < -0.39 is 0 Å². The molecule has 0 bridgehead atoms. The van der Waals surface area contributed by atoms with Crippen LogP contribution >= 0.6 is 11.6 Å². The maximum absolute atomic E-state index is 5.80. The van der Waals surface area contributed by atoms with Crippen molar-refractivity contribution in [2.45, 2.75) is 6.54 Å². The molecule has 0 saturated carbocycles. The molecule has 0 unspecified atom stereocenters. The van der Waals surface area contributed by atoms with Crippen molar-refractivity contribution in [2.24, 2.45) is 0 Å². The van der Waals surface area contributed by atoms with Gasteiger partial charge in [-0.05, 0) is 17.2 Å². The summed E-state index contributed by atoms with van der Waals surface area (Å²) in [6, 6.07) is 11.9. The van der Waals surface area contributed by atoms with Crippen molar-refractivity contribution < 1.29 is 0 Å². The number of aromatic nitrogens is 4. The SMILES string of the molecule is Clc1cc(NCc2ccc(-c3ccn[nH]3)cc2)ncn1. The van der Waals surface area contributed by atoms with E-state index in [9.17, 15) is 0 Å². The first kappa shape index (κ1) is 12.6. The largest absolute Gasteiger partial charge is 0.366 e. The van der Waals surface area contributed by atoms with E-state index in [0.717, 1.165) is 16.8 Å². The van der Waals surface area contributed by atoms with E-state index in [1.807, 2.05) is 6.07 Å². The van der Waals surface area contributed by atoms with E-state index in [-0.39, 0.29) is 0 Å². The fourth-order valence-electron chi connectivity index (χ4n) is 1.84. The molecule has 1 aromatic carbocycles. The zero-order chi connectivity index (χ0) is 13.8. The lowest BCUT2D eigenvalue weighted by Crippen LogP contribution is -2.01. The third kappa shape index (κ3) is 2.95. The average molecular weight is 286 g/mol. The molecule has 0 radical (unpaired) electrons. The van der Waals surface area contributed by atoms with Gasteiger partial charge in [-0.3, -0.25) is 5.10 Å². The highest BCUT2D eigenvalue weighted by Crippen LogP contribution is 2.17. The highest BCUT2D eigenvalue weighted by molar-refractivity contribution is 6.29. The van der Waals surface area contributed by atoms with Crippen molar-refractivity contribution in [1.82, 2.24) is 20.2 Å². The topological polar surface area (TPSA) is 66.5 Å². The summed E-state index contributed by atoms with van der Waals surface area (Å²) in [7, 11) is 0. The molecule has 20 heavy (non-hydrogen) atoms. The Bertz CT molecular complexity index is 679. The number of rotatable bonds is 4. The van der Waals surface area contributed by atoms with Crippen LogP contribution in [0.4, 0.5) is 5.82 Å². The fraction of sp³-hybridized carbons (Fsp3) is 0.0714. The second-order valence-electron chi connectivity index (χ2n) is 4.25. The van der Waals surface area contributed by atoms with Crippen LogP contribution in [-0.4, -0.2) is 20.2 Å². The lowest BCUT2D eigenvalue weighted by molar-refractivity contribution is 1.08. The minimum atomic E-state index is 0.428. The molecule has 0 amide bonds. The molecule has 2 heterocycles. The number of anilines is 1. The number of nitrogens with zero attached hydrogens (tertiary/aromatic N) is 3. The number of hydrogen-bond donors (Lipinski definition) is 2. The van der Waals surface area contributed by atoms with Crippen molar-refractivity contribution in [2.75, 3.05) is 5.32 Å². The van der Waals surface area contributed by atoms with Gasteiger partial charge in [0, 0.05) is 18.8 Å². The number of benzene rings is 1. The second kappa shape index (κ2) is 5.71. The first-order valence-electron chi connectivity index (χ1n) is 6.11. The van der Waals surface area contributed by atoms with Crippen LogP contribution in [0.25, 0.3) is 11.3 Å². The van der Waals surface area contributed by atoms with E-state index in [4.69, 9.17) is 11.6 Å². The van der Waals surface area contributed by atoms with Gasteiger partial charge in [-0.25, -0.2) is 9.97 Å². The van der Waals surface area contributed by atoms with Gasteiger partial charge in [-0.15, -0.1) is 0 Å². The van der Waals surface area contributed by atoms with Crippen LogP contribution in [0.2, 0.25) is 5.15 Å². The van der Waals surface area contributed by atoms with Crippen LogP contribution < -0.4 is 5.32 Å². The Balaban J connectivity index is 1.67. The maximum Gasteiger partial charge on any atom is 0.134 e. The second-order valence-corrected chi connectivity index (χ2v) is 4.63. The maximum atomic E-state index is 5.80. The number of aromatic amines is 1. The number of H-pyrrole nitrogens is 1. The van der Waals surface area contributed by atoms with E-state index >= 15 is 0 Å². The van der Waals surface area contributed by atoms with Crippen LogP contribution in [0, 0.1) is 0 Å². The summed E-state index contributed by atoms with van der Waals surface area (Å²) < 4.78 is 0. The minimum absolute atomic E-state index is 0.428. The Morgan fingerprint density at radius 3 is 2.65 bits per heavy atom. The molecule has 0 fully saturated rings. The van der Waals surface area contributed by atoms with Crippen molar-refractivity contribution >= 4 is 17.4 Å². The highest BCUT2D eigenvalue weighted by atomic mass is 35.5. The van der Waals surface area contributed by atoms with E-state index in [2.05, 4.69) is 49.7 Å². The standard InChI is InChI=1S/C14H12ClN5/c15-13-7-14(18-9-17-13)16-8-10-1-3-11(4-2-10)12-5-6-19-20-12/h1-7,9H,8H2,(H,19,20)(H,16,17,18). The summed E-state index contributed by atoms with van der Waals surface area (Å²) in [5.41, 5.74) is 3.27. The molecule has 0 saturated heterocycles. The van der Waals surface area contributed by atoms with Gasteiger partial charge in [0.25, 0.3) is 0 Å². The zero-order valence-electron chi connectivity index (χ0n) is 10.5. The Morgan fingerprint density at radius 1 is 1.10 bits per heavy atom. The monoisotopic (exact) mass is 285 g/mol. The van der Waals surface area contributed by atoms with Gasteiger partial charge in [-0.1, -0.05) is 35.9 Å². The quantitative estimate of drug-likeness (QED) is 0.723. The summed E-state index contributed by atoms with van der Waals surface area (Å²) in [5.74, 6) is 0.711. The molecular formula is C14H12ClN5. The van der Waals surface area contributed by atoms with Crippen LogP contribution in [0.5, 0.6) is 0 Å². The molecule has 3 aromatic rings. The van der Waals surface area contributed by atoms with Gasteiger partial charge in [0.2, 0.25) is 0 Å². The van der Waals surface area contributed by atoms with Gasteiger partial charge in [0.15, 0.2) is 0 Å². The van der Waals surface area contributed by atoms with Crippen LogP contribution in [-0.2, 0) is 6.54 Å². The fourth-order valence-corrected chi connectivity index (χ4v) is 1.99. The van der Waals surface area contributed by atoms with Crippen LogP contribution in [0.15, 0.2) is 48.9 Å². The molecule has 2 aromatic heterocycles. The van der Waals surface area contributed by atoms with E-state index in [0.29, 0.717) is 17.5 Å². The normalized spacial score (nSPS) is 10.4. The van der Waals surface area contributed by atoms with Gasteiger partial charge >= 0.3 is 0 Å². The van der Waals surface area contributed by atoms with Crippen LogP contribution in [0.3, 0.4) is 0 Å². The average Bonchev–Trinajstić information content (AvgIpc) is 3.00. The summed E-state index contributed by atoms with van der Waals surface area (Å²) in [4.78, 5) is 7.93. The Kier molecular flexibility index (Phi) is 3.60. The molecule has 0 aliphatic rings. The molecule has 100 valence electrons. The highest BCUT2D eigenvalue weighted by Gasteiger charge is 2.00. The third-order valence-corrected chi connectivity index (χ3v) is 3.08. The number of hydrogen-bond acceptors (Lipinski definition) is 4. The van der Waals surface area contributed by atoms with Crippen molar-refractivity contribution in [3.63, 3.8) is 0 Å². The summed E-state index contributed by atoms with van der Waals surface area (Å²) in [6.07, 6.45) is 3.18. The van der Waals surface area contributed by atoms with Gasteiger partial charge < -0.3 is 5.32 Å². The lowest BCUT2D eigenvalue weighted by atomic mass is 10.1. The first-order valence-corrected chi connectivity index (χ1v) is 6.49. The third-order valence-electron chi connectivity index (χ3n) is 2.87. The number of halogens is 1. The zero-order valence-corrected chi connectivity index (χ0v) is 11.3. The van der Waals surface area contributed by atoms with E-state index in [1.54, 1.807) is 12.3 Å². The molecule has 0 atom stereocenters. The molecule has 0 aliphatic carbocycles. The predicted octanol–water partition coefficient (Wildman–Crippen LogP) is 3.13. The molecule has 5 nitrogen and oxygen atoms in total. The lowest BCUT2D eigenvalue weighted by Gasteiger charge is -2.06. The molecule has 6 heteroatoms. The van der Waals surface area contributed by atoms with Crippen molar-refractivity contribution in [3.05, 3.63) is 59.6 Å². The van der Waals surface area contributed by atoms with Crippen molar-refractivity contribution in [3.8, 4) is 11.3 Å². The summed E-state index contributed by atoms with van der Waals surface area (Å²) in [6.45, 7) is 0.677. The summed E-state index contributed by atoms with van der Waals surface area (Å²) in [5, 5.41) is 10.5. The van der Waals surface area contributed by atoms with E-state index in [1.165, 1.54) is 6.33 Å². The van der Waals surface area contributed by atoms with Gasteiger partial charge in [0.05, 0.1) is 5.69 Å². The smallest absolute Gasteiger partial charge is 0.134 e. The molecular weight excluding hydrogens is 274 g/mol. The van der Waals surface area contributed by atoms with Gasteiger partial charge in [-0.2, -0.15) is 5.10 Å². The molecule has 0 spiro atoms. The molecule has 0 aliphatic heterocycles. The Labute approximate surface area is 121 Å². The Hall–Kier alpha value is -2.40. The number of nitrogens with one attached hydrogen (secondary N) is 2. The van der Waals surface area contributed by atoms with Crippen LogP contribution in [0.1, 0.15) is 5.56 Å². The van der Waals surface area contributed by atoms with Gasteiger partial charge in [0.1, 0.15) is 17.3 Å². The van der Waals surface area contributed by atoms with Crippen molar-refractivity contribution in [1.29, 1.82) is 0 Å². The first-order chi connectivity index (χ1) is 9.81. The molecule has 3 rings (SSSR count). The minimum Gasteiger partial charge on any atom is -0.366 e. The molecule has 2 N–H and O–H groups in total. The Morgan fingerprint density at radius 2 is 1.95 bits per heavy atom.